The molecule has 0 aliphatic heterocycles. The molecular weight excluding hydrogens is 517 g/mol. The molecule has 13 nitrogen and oxygen atoms in total. The fourth-order valence-corrected chi connectivity index (χ4v) is 3.38. The smallest absolute Gasteiger partial charge is 0.480 e. The number of nitrogens with one attached hydrogen (secondary N) is 3. The van der Waals surface area contributed by atoms with Crippen LogP contribution in [0.3, 0.4) is 0 Å². The maximum atomic E-state index is 12.3. The van der Waals surface area contributed by atoms with Crippen LogP contribution in [0.15, 0.2) is 51.8 Å². The van der Waals surface area contributed by atoms with E-state index in [1.807, 2.05) is 4.72 Å². The first-order valence-corrected chi connectivity index (χ1v) is 11.1. The summed E-state index contributed by atoms with van der Waals surface area (Å²) in [6, 6.07) is 8.09. The molecular formula is C19H21F3N4O9S. The highest BCUT2D eigenvalue weighted by Crippen LogP contribution is 2.13. The number of halogens is 3. The molecule has 2 rings (SSSR count). The number of hydrogen-bond acceptors (Lipinski definition) is 8. The second kappa shape index (κ2) is 13.2. The van der Waals surface area contributed by atoms with E-state index >= 15 is 0 Å². The van der Waals surface area contributed by atoms with Crippen LogP contribution in [-0.4, -0.2) is 74.2 Å². The van der Waals surface area contributed by atoms with Crippen molar-refractivity contribution in [2.24, 2.45) is 5.73 Å². The molecule has 1 atom stereocenters. The Hall–Kier alpha value is -3.96. The number of benzene rings is 1. The van der Waals surface area contributed by atoms with E-state index in [4.69, 9.17) is 20.1 Å². The van der Waals surface area contributed by atoms with E-state index in [-0.39, 0.29) is 29.5 Å². The Morgan fingerprint density at radius 1 is 0.944 bits per heavy atom. The zero-order valence-corrected chi connectivity index (χ0v) is 18.9. The van der Waals surface area contributed by atoms with Crippen LogP contribution in [0.25, 0.3) is 0 Å². The summed E-state index contributed by atoms with van der Waals surface area (Å²) in [5.74, 6) is -5.97. The third kappa shape index (κ3) is 9.72. The van der Waals surface area contributed by atoms with Crippen molar-refractivity contribution in [1.29, 1.82) is 0 Å². The van der Waals surface area contributed by atoms with Crippen LogP contribution in [0, 0.1) is 0 Å². The predicted molar refractivity (Wildman–Crippen MR) is 114 cm³/mol. The molecule has 2 aromatic rings. The van der Waals surface area contributed by atoms with Gasteiger partial charge < -0.3 is 31.0 Å². The normalized spacial score (nSPS) is 12.0. The summed E-state index contributed by atoms with van der Waals surface area (Å²) in [7, 11) is -4.10. The van der Waals surface area contributed by atoms with Gasteiger partial charge in [-0.15, -0.1) is 0 Å². The van der Waals surface area contributed by atoms with E-state index in [0.29, 0.717) is 0 Å². The fraction of sp³-hybridized carbons (Fsp3) is 0.263. The minimum absolute atomic E-state index is 0.114. The summed E-state index contributed by atoms with van der Waals surface area (Å²) in [5.41, 5.74) is 5.28. The SMILES string of the molecule is NCCNC(=O)c1ccc(C(=O)NC[C@H](NS(=O)(=O)c2ccccc2)C(=O)O)o1.O=C(O)C(F)(F)F. The van der Waals surface area contributed by atoms with Gasteiger partial charge in [-0.1, -0.05) is 18.2 Å². The molecule has 17 heteroatoms. The molecule has 0 radical (unpaired) electrons. The fourth-order valence-electron chi connectivity index (χ4n) is 2.17. The summed E-state index contributed by atoms with van der Waals surface area (Å²) in [5, 5.41) is 21.1. The van der Waals surface area contributed by atoms with Crippen molar-refractivity contribution < 1.29 is 55.4 Å². The highest BCUT2D eigenvalue weighted by atomic mass is 32.2. The second-order valence-electron chi connectivity index (χ2n) is 6.55. The molecule has 1 aromatic carbocycles. The Morgan fingerprint density at radius 2 is 1.44 bits per heavy atom. The van der Waals surface area contributed by atoms with Gasteiger partial charge in [0.2, 0.25) is 10.0 Å². The molecule has 0 fully saturated rings. The quantitative estimate of drug-likeness (QED) is 0.233. The van der Waals surface area contributed by atoms with Gasteiger partial charge in [0, 0.05) is 19.6 Å². The van der Waals surface area contributed by atoms with Crippen LogP contribution < -0.4 is 21.1 Å². The molecule has 198 valence electrons. The minimum Gasteiger partial charge on any atom is -0.480 e. The lowest BCUT2D eigenvalue weighted by Crippen LogP contribution is -2.48. The molecule has 0 aliphatic carbocycles. The largest absolute Gasteiger partial charge is 0.490 e. The molecule has 7 N–H and O–H groups in total. The number of sulfonamides is 1. The Balaban J connectivity index is 0.000000809. The maximum Gasteiger partial charge on any atom is 0.490 e. The number of rotatable bonds is 10. The summed E-state index contributed by atoms with van der Waals surface area (Å²) in [4.78, 5) is 44.0. The lowest BCUT2D eigenvalue weighted by atomic mass is 10.3. The van der Waals surface area contributed by atoms with Crippen molar-refractivity contribution >= 4 is 33.8 Å². The zero-order chi connectivity index (χ0) is 27.5. The molecule has 0 spiro atoms. The zero-order valence-electron chi connectivity index (χ0n) is 18.1. The van der Waals surface area contributed by atoms with Crippen LogP contribution in [0.5, 0.6) is 0 Å². The van der Waals surface area contributed by atoms with Gasteiger partial charge in [-0.25, -0.2) is 13.2 Å². The van der Waals surface area contributed by atoms with Gasteiger partial charge in [0.05, 0.1) is 4.90 Å². The lowest BCUT2D eigenvalue weighted by Gasteiger charge is -2.15. The number of carboxylic acids is 2. The Kier molecular flexibility index (Phi) is 11.0. The number of carbonyl (C=O) groups excluding carboxylic acids is 2. The van der Waals surface area contributed by atoms with E-state index < -0.39 is 52.5 Å². The Bertz CT molecular complexity index is 1170. The third-order valence-corrected chi connectivity index (χ3v) is 5.33. The van der Waals surface area contributed by atoms with Gasteiger partial charge in [-0.3, -0.25) is 14.4 Å². The van der Waals surface area contributed by atoms with Gasteiger partial charge in [0.15, 0.2) is 11.5 Å². The maximum absolute atomic E-state index is 12.3. The van der Waals surface area contributed by atoms with Gasteiger partial charge in [0.1, 0.15) is 6.04 Å². The predicted octanol–water partition coefficient (Wildman–Crippen LogP) is -0.237. The van der Waals surface area contributed by atoms with Crippen molar-refractivity contribution in [2.45, 2.75) is 17.1 Å². The molecule has 0 aliphatic rings. The van der Waals surface area contributed by atoms with Crippen LogP contribution in [0.2, 0.25) is 0 Å². The van der Waals surface area contributed by atoms with E-state index in [1.165, 1.54) is 36.4 Å². The van der Waals surface area contributed by atoms with Crippen LogP contribution in [-0.2, 0) is 19.6 Å². The van der Waals surface area contributed by atoms with Gasteiger partial charge >= 0.3 is 18.1 Å². The van der Waals surface area contributed by atoms with Gasteiger partial charge in [-0.05, 0) is 24.3 Å². The van der Waals surface area contributed by atoms with Gasteiger partial charge in [-0.2, -0.15) is 17.9 Å². The second-order valence-corrected chi connectivity index (χ2v) is 8.26. The Labute approximate surface area is 201 Å². The molecule has 1 heterocycles. The number of amides is 2. The van der Waals surface area contributed by atoms with Crippen LogP contribution in [0.1, 0.15) is 21.1 Å². The van der Waals surface area contributed by atoms with E-state index in [1.54, 1.807) is 6.07 Å². The van der Waals surface area contributed by atoms with Crippen molar-refractivity contribution in [2.75, 3.05) is 19.6 Å². The monoisotopic (exact) mass is 538 g/mol. The van der Waals surface area contributed by atoms with Crippen molar-refractivity contribution in [1.82, 2.24) is 15.4 Å². The molecule has 2 amide bonds. The molecule has 0 saturated heterocycles. The van der Waals surface area contributed by atoms with E-state index in [0.717, 1.165) is 0 Å². The third-order valence-electron chi connectivity index (χ3n) is 3.84. The first-order valence-electron chi connectivity index (χ1n) is 9.65. The Morgan fingerprint density at radius 3 is 1.89 bits per heavy atom. The topological polar surface area (TPSA) is 218 Å². The van der Waals surface area contributed by atoms with Crippen molar-refractivity contribution in [3.63, 3.8) is 0 Å². The minimum atomic E-state index is -5.08. The molecule has 0 unspecified atom stereocenters. The number of carbonyl (C=O) groups is 4. The summed E-state index contributed by atoms with van der Waals surface area (Å²) < 4.78 is 63.4. The highest BCUT2D eigenvalue weighted by Gasteiger charge is 2.38. The number of furan rings is 1. The average Bonchev–Trinajstić information content (AvgIpc) is 3.31. The lowest BCUT2D eigenvalue weighted by molar-refractivity contribution is -0.192. The van der Waals surface area contributed by atoms with Gasteiger partial charge in [0.25, 0.3) is 11.8 Å². The first kappa shape index (κ1) is 30.1. The number of alkyl halides is 3. The molecule has 0 saturated carbocycles. The molecule has 1 aromatic heterocycles. The van der Waals surface area contributed by atoms with Crippen molar-refractivity contribution in [3.05, 3.63) is 54.0 Å². The summed E-state index contributed by atoms with van der Waals surface area (Å²) in [6.45, 7) is -0.0895. The number of nitrogens with two attached hydrogens (primary N) is 1. The average molecular weight is 538 g/mol. The van der Waals surface area contributed by atoms with Crippen LogP contribution in [0.4, 0.5) is 13.2 Å². The van der Waals surface area contributed by atoms with Crippen molar-refractivity contribution in [3.8, 4) is 0 Å². The first-order chi connectivity index (χ1) is 16.7. The van der Waals surface area contributed by atoms with Crippen LogP contribution >= 0.6 is 0 Å². The number of hydrogen-bond donors (Lipinski definition) is 6. The standard InChI is InChI=1S/C17H20N4O7S.C2HF3O2/c18-8-9-19-15(22)13-6-7-14(28-13)16(23)20-10-12(17(24)25)21-29(26,27)11-4-2-1-3-5-11;3-2(4,5)1(6)7/h1-7,12,21H,8-10,18H2,(H,19,22)(H,20,23)(H,24,25);(H,6,7)/t12-;/m0./s1. The number of aliphatic carboxylic acids is 2. The van der Waals surface area contributed by atoms with E-state index in [9.17, 15) is 41.1 Å². The molecule has 0 bridgehead atoms. The summed E-state index contributed by atoms with van der Waals surface area (Å²) >= 11 is 0. The number of carboxylic acid groups (broad SMARTS) is 2. The summed E-state index contributed by atoms with van der Waals surface area (Å²) in [6.07, 6.45) is -5.08. The molecule has 36 heavy (non-hydrogen) atoms. The highest BCUT2D eigenvalue weighted by molar-refractivity contribution is 7.89. The van der Waals surface area contributed by atoms with E-state index in [2.05, 4.69) is 10.6 Å².